The number of aromatic amines is 1. The Morgan fingerprint density at radius 3 is 2.68 bits per heavy atom. The molecule has 0 fully saturated rings. The second-order valence-electron chi connectivity index (χ2n) is 7.38. The highest BCUT2D eigenvalue weighted by Gasteiger charge is 2.16. The number of carbonyl (C=O) groups excluding carboxylic acids is 2. The molecule has 0 aliphatic heterocycles. The molecule has 0 unspecified atom stereocenters. The van der Waals surface area contributed by atoms with Gasteiger partial charge in [0, 0.05) is 46.9 Å². The summed E-state index contributed by atoms with van der Waals surface area (Å²) in [6.07, 6.45) is 5.25. The van der Waals surface area contributed by atoms with E-state index in [4.69, 9.17) is 0 Å². The van der Waals surface area contributed by atoms with E-state index in [-0.39, 0.29) is 11.6 Å². The van der Waals surface area contributed by atoms with Crippen LogP contribution in [0.25, 0.3) is 27.8 Å². The number of halogens is 2. The lowest BCUT2D eigenvalue weighted by molar-refractivity contribution is 0.0886. The van der Waals surface area contributed by atoms with Gasteiger partial charge in [0.1, 0.15) is 22.8 Å². The molecule has 0 aromatic carbocycles. The van der Waals surface area contributed by atoms with Crippen molar-refractivity contribution in [3.05, 3.63) is 78.6 Å². The van der Waals surface area contributed by atoms with E-state index in [1.54, 1.807) is 41.1 Å². The van der Waals surface area contributed by atoms with Crippen molar-refractivity contribution in [3.63, 3.8) is 0 Å². The Hall–Kier alpha value is -4.67. The van der Waals surface area contributed by atoms with Crippen LogP contribution in [0.1, 0.15) is 20.8 Å². The zero-order chi connectivity index (χ0) is 23.7. The average Bonchev–Trinajstić information content (AvgIpc) is 3.46. The summed E-state index contributed by atoms with van der Waals surface area (Å²) in [5, 5.41) is 5.74. The van der Waals surface area contributed by atoms with Crippen LogP contribution in [-0.2, 0) is 0 Å². The Kier molecular flexibility index (Phi) is 5.42. The van der Waals surface area contributed by atoms with E-state index < -0.39 is 18.9 Å². The Labute approximate surface area is 190 Å². The van der Waals surface area contributed by atoms with E-state index in [9.17, 15) is 18.4 Å². The van der Waals surface area contributed by atoms with Crippen LogP contribution in [0.2, 0.25) is 0 Å². The van der Waals surface area contributed by atoms with Gasteiger partial charge >= 0.3 is 0 Å². The topological polar surface area (TPSA) is 117 Å². The number of alkyl halides is 2. The van der Waals surface area contributed by atoms with Crippen molar-refractivity contribution in [2.24, 2.45) is 0 Å². The highest BCUT2D eigenvalue weighted by molar-refractivity contribution is 6.04. The quantitative estimate of drug-likeness (QED) is 0.358. The molecule has 5 aromatic heterocycles. The molecule has 2 amide bonds. The van der Waals surface area contributed by atoms with Gasteiger partial charge in [-0.1, -0.05) is 0 Å². The number of anilines is 1. The van der Waals surface area contributed by atoms with Crippen LogP contribution in [0.5, 0.6) is 0 Å². The average molecular weight is 461 g/mol. The normalized spacial score (nSPS) is 11.3. The number of nitrogens with one attached hydrogen (secondary N) is 3. The number of H-pyrrole nitrogens is 1. The van der Waals surface area contributed by atoms with Gasteiger partial charge in [-0.15, -0.1) is 0 Å². The molecule has 0 aliphatic carbocycles. The summed E-state index contributed by atoms with van der Waals surface area (Å²) >= 11 is 0. The summed E-state index contributed by atoms with van der Waals surface area (Å²) in [5.41, 5.74) is 3.25. The predicted molar refractivity (Wildman–Crippen MR) is 121 cm³/mol. The summed E-state index contributed by atoms with van der Waals surface area (Å²) in [4.78, 5) is 40.3. The molecular weight excluding hydrogens is 444 g/mol. The zero-order valence-corrected chi connectivity index (χ0v) is 17.5. The van der Waals surface area contributed by atoms with E-state index in [0.717, 1.165) is 16.5 Å². The van der Waals surface area contributed by atoms with Crippen molar-refractivity contribution in [1.29, 1.82) is 0 Å². The van der Waals surface area contributed by atoms with Gasteiger partial charge in [0.15, 0.2) is 0 Å². The van der Waals surface area contributed by atoms with Crippen molar-refractivity contribution in [1.82, 2.24) is 29.7 Å². The molecule has 0 atom stereocenters. The van der Waals surface area contributed by atoms with E-state index in [0.29, 0.717) is 22.7 Å². The summed E-state index contributed by atoms with van der Waals surface area (Å²) < 4.78 is 26.5. The lowest BCUT2D eigenvalue weighted by Gasteiger charge is -2.07. The van der Waals surface area contributed by atoms with Crippen LogP contribution in [0.4, 0.5) is 14.6 Å². The second kappa shape index (κ2) is 8.70. The zero-order valence-electron chi connectivity index (χ0n) is 17.5. The lowest BCUT2D eigenvalue weighted by Crippen LogP contribution is -2.29. The number of hydrogen-bond acceptors (Lipinski definition) is 5. The van der Waals surface area contributed by atoms with E-state index in [2.05, 4.69) is 30.6 Å². The number of nitrogens with zero attached hydrogens (tertiary/aromatic N) is 4. The number of rotatable bonds is 6. The van der Waals surface area contributed by atoms with Gasteiger partial charge in [0.2, 0.25) is 0 Å². The van der Waals surface area contributed by atoms with Gasteiger partial charge < -0.3 is 15.6 Å². The first-order valence-corrected chi connectivity index (χ1v) is 10.2. The summed E-state index contributed by atoms with van der Waals surface area (Å²) in [6, 6.07) is 10.3. The van der Waals surface area contributed by atoms with Crippen molar-refractivity contribution in [2.75, 3.05) is 11.9 Å². The van der Waals surface area contributed by atoms with Crippen molar-refractivity contribution in [2.45, 2.75) is 6.43 Å². The fourth-order valence-corrected chi connectivity index (χ4v) is 3.57. The van der Waals surface area contributed by atoms with E-state index >= 15 is 0 Å². The first-order chi connectivity index (χ1) is 16.5. The van der Waals surface area contributed by atoms with Gasteiger partial charge in [0.05, 0.1) is 12.7 Å². The number of carbonyl (C=O) groups is 2. The largest absolute Gasteiger partial charge is 0.345 e. The molecule has 0 saturated heterocycles. The minimum absolute atomic E-state index is 0.150. The minimum Gasteiger partial charge on any atom is -0.345 e. The van der Waals surface area contributed by atoms with Gasteiger partial charge in [-0.05, 0) is 36.4 Å². The molecule has 11 heteroatoms. The molecular formula is C23H17F2N7O2. The maximum absolute atomic E-state index is 12.5. The van der Waals surface area contributed by atoms with Crippen LogP contribution < -0.4 is 10.6 Å². The first-order valence-electron chi connectivity index (χ1n) is 10.2. The molecule has 5 rings (SSSR count). The Morgan fingerprint density at radius 1 is 1.06 bits per heavy atom. The SMILES string of the molecule is O=C(Nc1ccc2c(-c3ccc4ncc(C(=O)NCC(F)F)n4c3)c[nH]c2n1)c1ccncc1. The third-order valence-corrected chi connectivity index (χ3v) is 5.19. The van der Waals surface area contributed by atoms with E-state index in [1.165, 1.54) is 18.6 Å². The molecule has 0 saturated carbocycles. The molecule has 5 heterocycles. The molecule has 34 heavy (non-hydrogen) atoms. The Balaban J connectivity index is 1.44. The molecule has 0 radical (unpaired) electrons. The molecule has 5 aromatic rings. The fourth-order valence-electron chi connectivity index (χ4n) is 3.57. The number of pyridine rings is 3. The van der Waals surface area contributed by atoms with Crippen LogP contribution in [-0.4, -0.2) is 49.1 Å². The minimum atomic E-state index is -2.64. The number of imidazole rings is 1. The van der Waals surface area contributed by atoms with Crippen LogP contribution in [0.3, 0.4) is 0 Å². The predicted octanol–water partition coefficient (Wildman–Crippen LogP) is 3.52. The first kappa shape index (κ1) is 21.2. The number of amides is 2. The van der Waals surface area contributed by atoms with E-state index in [1.807, 2.05) is 12.1 Å². The standard InChI is InChI=1S/C23H17F2N7O2/c24-18(25)11-29-23(34)17-10-27-20-4-1-14(12-32(17)20)16-9-28-21-15(16)2-3-19(30-21)31-22(33)13-5-7-26-8-6-13/h1-10,12,18H,11H2,(H,29,34)(H2,28,30,31,33). The molecule has 0 bridgehead atoms. The van der Waals surface area contributed by atoms with Crippen LogP contribution >= 0.6 is 0 Å². The van der Waals surface area contributed by atoms with Gasteiger partial charge in [0.25, 0.3) is 18.2 Å². The smallest absolute Gasteiger partial charge is 0.270 e. The fraction of sp³-hybridized carbons (Fsp3) is 0.0870. The Bertz CT molecular complexity index is 1510. The molecule has 9 nitrogen and oxygen atoms in total. The van der Waals surface area contributed by atoms with Gasteiger partial charge in [-0.3, -0.25) is 19.0 Å². The van der Waals surface area contributed by atoms with Crippen molar-refractivity contribution < 1.29 is 18.4 Å². The summed E-state index contributed by atoms with van der Waals surface area (Å²) in [7, 11) is 0. The summed E-state index contributed by atoms with van der Waals surface area (Å²) in [5.74, 6) is -0.560. The van der Waals surface area contributed by atoms with Crippen LogP contribution in [0, 0.1) is 0 Å². The summed E-state index contributed by atoms with van der Waals surface area (Å²) in [6.45, 7) is -0.736. The molecule has 0 aliphatic rings. The van der Waals surface area contributed by atoms with Crippen molar-refractivity contribution >= 4 is 34.3 Å². The van der Waals surface area contributed by atoms with Crippen molar-refractivity contribution in [3.8, 4) is 11.1 Å². The maximum Gasteiger partial charge on any atom is 0.270 e. The highest BCUT2D eigenvalue weighted by atomic mass is 19.3. The van der Waals surface area contributed by atoms with Crippen LogP contribution in [0.15, 0.2) is 67.4 Å². The van der Waals surface area contributed by atoms with Gasteiger partial charge in [-0.25, -0.2) is 18.7 Å². The number of hydrogen-bond donors (Lipinski definition) is 3. The monoisotopic (exact) mass is 461 g/mol. The second-order valence-corrected chi connectivity index (χ2v) is 7.38. The maximum atomic E-state index is 12.5. The highest BCUT2D eigenvalue weighted by Crippen LogP contribution is 2.29. The molecule has 0 spiro atoms. The lowest BCUT2D eigenvalue weighted by atomic mass is 10.1. The number of aromatic nitrogens is 5. The molecule has 3 N–H and O–H groups in total. The molecule has 170 valence electrons. The third-order valence-electron chi connectivity index (χ3n) is 5.19. The third kappa shape index (κ3) is 4.06. The van der Waals surface area contributed by atoms with Gasteiger partial charge in [-0.2, -0.15) is 0 Å². The number of fused-ring (bicyclic) bond motifs is 2. The Morgan fingerprint density at radius 2 is 1.88 bits per heavy atom.